The highest BCUT2D eigenvalue weighted by Gasteiger charge is 2.19. The van der Waals surface area contributed by atoms with Crippen molar-refractivity contribution in [1.29, 1.82) is 0 Å². The van der Waals surface area contributed by atoms with Gasteiger partial charge < -0.3 is 15.5 Å². The molecule has 1 aromatic rings. The van der Waals surface area contributed by atoms with E-state index in [0.717, 1.165) is 38.3 Å². The van der Waals surface area contributed by atoms with Crippen LogP contribution in [-0.4, -0.2) is 48.5 Å². The third-order valence-corrected chi connectivity index (χ3v) is 4.00. The van der Waals surface area contributed by atoms with Gasteiger partial charge in [-0.2, -0.15) is 0 Å². The number of nitrogens with one attached hydrogen (secondary N) is 2. The molecule has 2 N–H and O–H groups in total. The number of carbonyl (C=O) groups excluding carboxylic acids is 1. The average molecular weight is 290 g/mol. The Hall–Kier alpha value is -1.62. The molecule has 0 bridgehead atoms. The molecule has 21 heavy (non-hydrogen) atoms. The van der Waals surface area contributed by atoms with Crippen molar-refractivity contribution in [2.24, 2.45) is 0 Å². The number of hydrogen-bond donors (Lipinski definition) is 2. The molecule has 2 rings (SSSR count). The van der Waals surface area contributed by atoms with Gasteiger partial charge in [0, 0.05) is 30.9 Å². The largest absolute Gasteiger partial charge is 0.370 e. The normalized spacial score (nSPS) is 19.2. The van der Waals surface area contributed by atoms with E-state index >= 15 is 0 Å². The lowest BCUT2D eigenvalue weighted by molar-refractivity contribution is 0.0928. The predicted octanol–water partition coefficient (Wildman–Crippen LogP) is 2.12. The summed E-state index contributed by atoms with van der Waals surface area (Å²) in [5.74, 6) is 0.746. The van der Waals surface area contributed by atoms with Gasteiger partial charge in [-0.05, 0) is 45.0 Å². The maximum absolute atomic E-state index is 12.2. The van der Waals surface area contributed by atoms with Crippen LogP contribution in [0.15, 0.2) is 18.3 Å². The van der Waals surface area contributed by atoms with Crippen molar-refractivity contribution in [1.82, 2.24) is 15.2 Å². The molecular weight excluding hydrogens is 264 g/mol. The molecule has 1 saturated heterocycles. The summed E-state index contributed by atoms with van der Waals surface area (Å²) < 4.78 is 0. The number of carbonyl (C=O) groups is 1. The summed E-state index contributed by atoms with van der Waals surface area (Å²) >= 11 is 0. The molecule has 0 aliphatic carbocycles. The fraction of sp³-hybridized carbons (Fsp3) is 0.625. The Balaban J connectivity index is 1.87. The molecule has 0 aromatic carbocycles. The Labute approximate surface area is 127 Å². The van der Waals surface area contributed by atoms with Crippen LogP contribution < -0.4 is 10.6 Å². The Morgan fingerprint density at radius 2 is 2.33 bits per heavy atom. The lowest BCUT2D eigenvalue weighted by Gasteiger charge is -2.32. The van der Waals surface area contributed by atoms with Crippen molar-refractivity contribution in [3.05, 3.63) is 23.9 Å². The molecule has 5 nitrogen and oxygen atoms in total. The lowest BCUT2D eigenvalue weighted by atomic mass is 10.0. The minimum atomic E-state index is -0.0177. The quantitative estimate of drug-likeness (QED) is 0.842. The van der Waals surface area contributed by atoms with Crippen molar-refractivity contribution >= 4 is 11.7 Å². The number of rotatable bonds is 6. The van der Waals surface area contributed by atoms with Gasteiger partial charge >= 0.3 is 0 Å². The van der Waals surface area contributed by atoms with Gasteiger partial charge in [-0.3, -0.25) is 4.79 Å². The van der Waals surface area contributed by atoms with Crippen molar-refractivity contribution in [3.8, 4) is 0 Å². The second-order valence-corrected chi connectivity index (χ2v) is 5.70. The number of amides is 1. The van der Waals surface area contributed by atoms with Crippen molar-refractivity contribution in [2.45, 2.75) is 38.6 Å². The van der Waals surface area contributed by atoms with Crippen LogP contribution in [0.3, 0.4) is 0 Å². The molecule has 0 saturated carbocycles. The molecule has 1 unspecified atom stereocenters. The Morgan fingerprint density at radius 3 is 3.10 bits per heavy atom. The fourth-order valence-corrected chi connectivity index (χ4v) is 2.64. The SMILES string of the molecule is CCCNc1cc(C(=O)NCC2CCCCN2C)ccn1. The van der Waals surface area contributed by atoms with Crippen LogP contribution in [0.2, 0.25) is 0 Å². The third-order valence-electron chi connectivity index (χ3n) is 4.00. The van der Waals surface area contributed by atoms with Gasteiger partial charge in [0.05, 0.1) is 0 Å². The second kappa shape index (κ2) is 7.98. The number of piperidine rings is 1. The highest BCUT2D eigenvalue weighted by Crippen LogP contribution is 2.14. The fourth-order valence-electron chi connectivity index (χ4n) is 2.64. The summed E-state index contributed by atoms with van der Waals surface area (Å²) in [5.41, 5.74) is 0.669. The van der Waals surface area contributed by atoms with Crippen molar-refractivity contribution in [3.63, 3.8) is 0 Å². The van der Waals surface area contributed by atoms with E-state index in [1.54, 1.807) is 12.3 Å². The van der Waals surface area contributed by atoms with Gasteiger partial charge in [-0.15, -0.1) is 0 Å². The number of aromatic nitrogens is 1. The highest BCUT2D eigenvalue weighted by atomic mass is 16.1. The standard InChI is InChI=1S/C16H26N4O/c1-3-8-17-15-11-13(7-9-18-15)16(21)19-12-14-6-4-5-10-20(14)2/h7,9,11,14H,3-6,8,10,12H2,1-2H3,(H,17,18)(H,19,21). The highest BCUT2D eigenvalue weighted by molar-refractivity contribution is 5.94. The van der Waals surface area contributed by atoms with E-state index in [0.29, 0.717) is 11.6 Å². The maximum Gasteiger partial charge on any atom is 0.251 e. The number of likely N-dealkylation sites (tertiary alicyclic amines) is 1. The van der Waals surface area contributed by atoms with E-state index in [1.807, 2.05) is 6.07 Å². The first-order valence-corrected chi connectivity index (χ1v) is 7.89. The molecule has 1 atom stereocenters. The monoisotopic (exact) mass is 290 g/mol. The summed E-state index contributed by atoms with van der Waals surface area (Å²) in [6, 6.07) is 4.04. The molecule has 116 valence electrons. The summed E-state index contributed by atoms with van der Waals surface area (Å²) in [5, 5.41) is 6.25. The lowest BCUT2D eigenvalue weighted by Crippen LogP contribution is -2.44. The molecular formula is C16H26N4O. The van der Waals surface area contributed by atoms with E-state index in [4.69, 9.17) is 0 Å². The zero-order valence-corrected chi connectivity index (χ0v) is 13.1. The van der Waals surface area contributed by atoms with Gasteiger partial charge in [0.2, 0.25) is 0 Å². The van der Waals surface area contributed by atoms with E-state index in [-0.39, 0.29) is 5.91 Å². The number of anilines is 1. The Kier molecular flexibility index (Phi) is 5.99. The van der Waals surface area contributed by atoms with Crippen molar-refractivity contribution < 1.29 is 4.79 Å². The van der Waals surface area contributed by atoms with Gasteiger partial charge in [0.15, 0.2) is 0 Å². The smallest absolute Gasteiger partial charge is 0.251 e. The van der Waals surface area contributed by atoms with Crippen LogP contribution in [0.25, 0.3) is 0 Å². The summed E-state index contributed by atoms with van der Waals surface area (Å²) in [6.45, 7) is 4.81. The molecule has 1 aliphatic heterocycles. The first kappa shape index (κ1) is 15.8. The topological polar surface area (TPSA) is 57.3 Å². The van der Waals surface area contributed by atoms with Gasteiger partial charge in [-0.25, -0.2) is 4.98 Å². The third kappa shape index (κ3) is 4.70. The van der Waals surface area contributed by atoms with E-state index in [2.05, 4.69) is 34.5 Å². The first-order valence-electron chi connectivity index (χ1n) is 7.89. The van der Waals surface area contributed by atoms with Crippen LogP contribution in [0.1, 0.15) is 43.0 Å². The Bertz CT molecular complexity index is 463. The van der Waals surface area contributed by atoms with Crippen LogP contribution in [0.4, 0.5) is 5.82 Å². The average Bonchev–Trinajstić information content (AvgIpc) is 2.52. The van der Waals surface area contributed by atoms with Crippen LogP contribution in [0, 0.1) is 0 Å². The van der Waals surface area contributed by atoms with Crippen LogP contribution in [-0.2, 0) is 0 Å². The summed E-state index contributed by atoms with van der Waals surface area (Å²) in [7, 11) is 2.13. The minimum Gasteiger partial charge on any atom is -0.370 e. The second-order valence-electron chi connectivity index (χ2n) is 5.70. The van der Waals surface area contributed by atoms with E-state index < -0.39 is 0 Å². The molecule has 1 fully saturated rings. The number of nitrogens with zero attached hydrogens (tertiary/aromatic N) is 2. The zero-order valence-electron chi connectivity index (χ0n) is 13.1. The summed E-state index contributed by atoms with van der Waals surface area (Å²) in [4.78, 5) is 18.8. The molecule has 2 heterocycles. The zero-order chi connectivity index (χ0) is 15.1. The predicted molar refractivity (Wildman–Crippen MR) is 85.6 cm³/mol. The number of hydrogen-bond acceptors (Lipinski definition) is 4. The van der Waals surface area contributed by atoms with Crippen LogP contribution in [0.5, 0.6) is 0 Å². The number of pyridine rings is 1. The van der Waals surface area contributed by atoms with Crippen molar-refractivity contribution in [2.75, 3.05) is 32.0 Å². The van der Waals surface area contributed by atoms with E-state index in [1.165, 1.54) is 12.8 Å². The molecule has 1 aliphatic rings. The van der Waals surface area contributed by atoms with Gasteiger partial charge in [0.1, 0.15) is 5.82 Å². The molecule has 0 radical (unpaired) electrons. The van der Waals surface area contributed by atoms with E-state index in [9.17, 15) is 4.79 Å². The molecule has 1 aromatic heterocycles. The molecule has 1 amide bonds. The maximum atomic E-state index is 12.2. The van der Waals surface area contributed by atoms with Gasteiger partial charge in [-0.1, -0.05) is 13.3 Å². The summed E-state index contributed by atoms with van der Waals surface area (Å²) in [6.07, 6.45) is 6.39. The minimum absolute atomic E-state index is 0.0177. The molecule has 0 spiro atoms. The first-order chi connectivity index (χ1) is 10.2. The van der Waals surface area contributed by atoms with Gasteiger partial charge in [0.25, 0.3) is 5.91 Å². The number of likely N-dealkylation sites (N-methyl/N-ethyl adjacent to an activating group) is 1. The Morgan fingerprint density at radius 1 is 1.48 bits per heavy atom. The molecule has 5 heteroatoms. The van der Waals surface area contributed by atoms with Crippen LogP contribution >= 0.6 is 0 Å².